The third-order valence-electron chi connectivity index (χ3n) is 4.61. The molecule has 0 bridgehead atoms. The standard InChI is InChI=1S/C20H27N5OS/c1-4-21-20(22-12-18-24-14(2)15(3)27-18)23-13-19(26)25-11-7-9-16-8-5-6-10-17(16)25/h5-6,8,10H,4,7,9,11-13H2,1-3H3,(H2,21,22,23). The van der Waals surface area contributed by atoms with Gasteiger partial charge in [-0.05, 0) is 45.2 Å². The van der Waals surface area contributed by atoms with Gasteiger partial charge in [-0.2, -0.15) is 0 Å². The van der Waals surface area contributed by atoms with Gasteiger partial charge in [0.05, 0.1) is 12.2 Å². The molecule has 0 fully saturated rings. The van der Waals surface area contributed by atoms with Gasteiger partial charge >= 0.3 is 0 Å². The molecule has 1 aromatic heterocycles. The number of hydrogen-bond donors (Lipinski definition) is 2. The molecule has 0 spiro atoms. The number of benzene rings is 1. The molecule has 7 heteroatoms. The molecule has 6 nitrogen and oxygen atoms in total. The van der Waals surface area contributed by atoms with Crippen molar-refractivity contribution in [3.8, 4) is 0 Å². The molecule has 2 heterocycles. The third kappa shape index (κ3) is 4.86. The van der Waals surface area contributed by atoms with Gasteiger partial charge in [0, 0.05) is 23.7 Å². The molecule has 1 aliphatic rings. The highest BCUT2D eigenvalue weighted by atomic mass is 32.1. The summed E-state index contributed by atoms with van der Waals surface area (Å²) in [6.45, 7) is 8.33. The van der Waals surface area contributed by atoms with Crippen LogP contribution in [0.1, 0.15) is 34.5 Å². The SMILES string of the molecule is CCNC(=NCC(=O)N1CCCc2ccccc21)NCc1nc(C)c(C)s1. The molecular formula is C20H27N5OS. The van der Waals surface area contributed by atoms with Gasteiger partial charge < -0.3 is 15.5 Å². The van der Waals surface area contributed by atoms with Crippen LogP contribution in [0.4, 0.5) is 5.69 Å². The van der Waals surface area contributed by atoms with Crippen LogP contribution < -0.4 is 15.5 Å². The van der Waals surface area contributed by atoms with E-state index in [1.165, 1.54) is 10.4 Å². The molecule has 0 saturated heterocycles. The van der Waals surface area contributed by atoms with E-state index in [9.17, 15) is 4.79 Å². The minimum Gasteiger partial charge on any atom is -0.357 e. The van der Waals surface area contributed by atoms with Crippen molar-refractivity contribution in [2.24, 2.45) is 4.99 Å². The van der Waals surface area contributed by atoms with Crippen LogP contribution in [0, 0.1) is 13.8 Å². The Kier molecular flexibility index (Phi) is 6.45. The number of nitrogens with one attached hydrogen (secondary N) is 2. The van der Waals surface area contributed by atoms with E-state index in [0.29, 0.717) is 12.5 Å². The smallest absolute Gasteiger partial charge is 0.248 e. The van der Waals surface area contributed by atoms with Crippen LogP contribution in [0.3, 0.4) is 0 Å². The fourth-order valence-corrected chi connectivity index (χ4v) is 4.01. The van der Waals surface area contributed by atoms with E-state index in [0.717, 1.165) is 42.3 Å². The van der Waals surface area contributed by atoms with Crippen LogP contribution >= 0.6 is 11.3 Å². The van der Waals surface area contributed by atoms with E-state index in [1.807, 2.05) is 36.9 Å². The molecular weight excluding hydrogens is 358 g/mol. The Hall–Kier alpha value is -2.41. The Balaban J connectivity index is 1.63. The number of guanidine groups is 1. The minimum atomic E-state index is 0.0280. The number of thiazole rings is 1. The van der Waals surface area contributed by atoms with Gasteiger partial charge in [0.25, 0.3) is 0 Å². The van der Waals surface area contributed by atoms with Crippen molar-refractivity contribution in [1.82, 2.24) is 15.6 Å². The summed E-state index contributed by atoms with van der Waals surface area (Å²) in [7, 11) is 0. The summed E-state index contributed by atoms with van der Waals surface area (Å²) in [6, 6.07) is 8.13. The lowest BCUT2D eigenvalue weighted by Gasteiger charge is -2.29. The van der Waals surface area contributed by atoms with E-state index < -0.39 is 0 Å². The van der Waals surface area contributed by atoms with Crippen LogP contribution in [0.25, 0.3) is 0 Å². The van der Waals surface area contributed by atoms with Crippen molar-refractivity contribution in [2.45, 2.75) is 40.2 Å². The van der Waals surface area contributed by atoms with Gasteiger partial charge in [0.1, 0.15) is 11.6 Å². The molecule has 0 unspecified atom stereocenters. The monoisotopic (exact) mass is 385 g/mol. The van der Waals surface area contributed by atoms with Crippen molar-refractivity contribution in [1.29, 1.82) is 0 Å². The Bertz CT molecular complexity index is 810. The first-order valence-electron chi connectivity index (χ1n) is 9.42. The number of para-hydroxylation sites is 1. The molecule has 0 radical (unpaired) electrons. The molecule has 1 aliphatic heterocycles. The number of hydrogen-bond acceptors (Lipinski definition) is 4. The highest BCUT2D eigenvalue weighted by Crippen LogP contribution is 2.26. The zero-order chi connectivity index (χ0) is 19.2. The van der Waals surface area contributed by atoms with Crippen molar-refractivity contribution >= 4 is 28.9 Å². The second-order valence-corrected chi connectivity index (χ2v) is 7.86. The number of anilines is 1. The number of rotatable bonds is 5. The van der Waals surface area contributed by atoms with Crippen molar-refractivity contribution in [2.75, 3.05) is 24.5 Å². The normalized spacial score (nSPS) is 14.0. The van der Waals surface area contributed by atoms with Gasteiger partial charge in [0.15, 0.2) is 5.96 Å². The number of carbonyl (C=O) groups excluding carboxylic acids is 1. The molecule has 1 amide bonds. The van der Waals surface area contributed by atoms with E-state index in [4.69, 9.17) is 0 Å². The van der Waals surface area contributed by atoms with Gasteiger partial charge in [-0.1, -0.05) is 18.2 Å². The lowest BCUT2D eigenvalue weighted by molar-refractivity contribution is -0.117. The largest absolute Gasteiger partial charge is 0.357 e. The molecule has 1 aromatic carbocycles. The molecule has 0 aliphatic carbocycles. The first-order chi connectivity index (χ1) is 13.1. The second-order valence-electron chi connectivity index (χ2n) is 6.58. The van der Waals surface area contributed by atoms with Crippen molar-refractivity contribution in [3.63, 3.8) is 0 Å². The molecule has 144 valence electrons. The Morgan fingerprint density at radius 1 is 1.30 bits per heavy atom. The third-order valence-corrected chi connectivity index (χ3v) is 5.68. The number of carbonyl (C=O) groups is 1. The van der Waals surface area contributed by atoms with E-state index >= 15 is 0 Å². The molecule has 3 rings (SSSR count). The number of aliphatic imine (C=N–C) groups is 1. The van der Waals surface area contributed by atoms with Crippen LogP contribution in [0.2, 0.25) is 0 Å². The van der Waals surface area contributed by atoms with E-state index in [1.54, 1.807) is 11.3 Å². The lowest BCUT2D eigenvalue weighted by Crippen LogP contribution is -2.40. The van der Waals surface area contributed by atoms with Crippen LogP contribution in [0.5, 0.6) is 0 Å². The van der Waals surface area contributed by atoms with Crippen molar-refractivity contribution in [3.05, 3.63) is 45.4 Å². The summed E-state index contributed by atoms with van der Waals surface area (Å²) in [5, 5.41) is 7.49. The maximum absolute atomic E-state index is 12.7. The van der Waals surface area contributed by atoms with Gasteiger partial charge in [-0.3, -0.25) is 4.79 Å². The number of nitrogens with zero attached hydrogens (tertiary/aromatic N) is 3. The lowest BCUT2D eigenvalue weighted by atomic mass is 10.0. The quantitative estimate of drug-likeness (QED) is 0.613. The fourth-order valence-electron chi connectivity index (χ4n) is 3.14. The maximum Gasteiger partial charge on any atom is 0.248 e. The first kappa shape index (κ1) is 19.4. The summed E-state index contributed by atoms with van der Waals surface area (Å²) in [6.07, 6.45) is 2.02. The number of fused-ring (bicyclic) bond motifs is 1. The topological polar surface area (TPSA) is 69.6 Å². The summed E-state index contributed by atoms with van der Waals surface area (Å²) in [5.74, 6) is 0.668. The molecule has 0 saturated carbocycles. The molecule has 2 N–H and O–H groups in total. The zero-order valence-electron chi connectivity index (χ0n) is 16.2. The summed E-state index contributed by atoms with van der Waals surface area (Å²) in [4.78, 5) is 24.9. The Morgan fingerprint density at radius 3 is 2.85 bits per heavy atom. The van der Waals surface area contributed by atoms with Gasteiger partial charge in [-0.25, -0.2) is 9.98 Å². The highest BCUT2D eigenvalue weighted by Gasteiger charge is 2.21. The second kappa shape index (κ2) is 8.99. The van der Waals surface area contributed by atoms with Crippen LogP contribution in [0.15, 0.2) is 29.3 Å². The van der Waals surface area contributed by atoms with Gasteiger partial charge in [-0.15, -0.1) is 11.3 Å². The fraction of sp³-hybridized carbons (Fsp3) is 0.450. The predicted molar refractivity (Wildman–Crippen MR) is 112 cm³/mol. The maximum atomic E-state index is 12.7. The Labute approximate surface area is 164 Å². The van der Waals surface area contributed by atoms with E-state index in [-0.39, 0.29) is 12.5 Å². The molecule has 27 heavy (non-hydrogen) atoms. The minimum absolute atomic E-state index is 0.0280. The molecule has 0 atom stereocenters. The summed E-state index contributed by atoms with van der Waals surface area (Å²) < 4.78 is 0. The average molecular weight is 386 g/mol. The van der Waals surface area contributed by atoms with Crippen LogP contribution in [-0.4, -0.2) is 36.5 Å². The number of amides is 1. The number of aromatic nitrogens is 1. The summed E-state index contributed by atoms with van der Waals surface area (Å²) >= 11 is 1.68. The van der Waals surface area contributed by atoms with E-state index in [2.05, 4.69) is 33.6 Å². The summed E-state index contributed by atoms with van der Waals surface area (Å²) in [5.41, 5.74) is 3.33. The average Bonchev–Trinajstić information content (AvgIpc) is 3.01. The first-order valence-corrected chi connectivity index (χ1v) is 10.2. The molecule has 2 aromatic rings. The Morgan fingerprint density at radius 2 is 2.11 bits per heavy atom. The zero-order valence-corrected chi connectivity index (χ0v) is 17.0. The van der Waals surface area contributed by atoms with Crippen molar-refractivity contribution < 1.29 is 4.79 Å². The van der Waals surface area contributed by atoms with Crippen LogP contribution in [-0.2, 0) is 17.8 Å². The highest BCUT2D eigenvalue weighted by molar-refractivity contribution is 7.11. The predicted octanol–water partition coefficient (Wildman–Crippen LogP) is 2.79. The van der Waals surface area contributed by atoms with Gasteiger partial charge in [0.2, 0.25) is 5.91 Å². The number of aryl methyl sites for hydroxylation is 3.